The average molecular weight is 316 g/mol. The van der Waals surface area contributed by atoms with E-state index in [2.05, 4.69) is 15.3 Å². The molecule has 2 aromatic heterocycles. The highest BCUT2D eigenvalue weighted by Crippen LogP contribution is 2.26. The highest BCUT2D eigenvalue weighted by molar-refractivity contribution is 7.14. The maximum absolute atomic E-state index is 12.0. The smallest absolute Gasteiger partial charge is 0.259 e. The molecule has 3 aromatic rings. The standard InChI is InChI=1S/C15H10ClN3OS/c16-12-5-1-3-10(7-12)13-9-21-15(18-13)19-14(20)11-4-2-6-17-8-11/h1-9H,(H,18,19,20). The van der Waals surface area contributed by atoms with Gasteiger partial charge < -0.3 is 0 Å². The average Bonchev–Trinajstić information content (AvgIpc) is 2.97. The normalized spacial score (nSPS) is 10.3. The maximum atomic E-state index is 12.0. The highest BCUT2D eigenvalue weighted by atomic mass is 35.5. The van der Waals surface area contributed by atoms with E-state index in [4.69, 9.17) is 11.6 Å². The van der Waals surface area contributed by atoms with Gasteiger partial charge in [0.15, 0.2) is 5.13 Å². The van der Waals surface area contributed by atoms with Crippen molar-refractivity contribution in [1.29, 1.82) is 0 Å². The third kappa shape index (κ3) is 3.26. The minimum absolute atomic E-state index is 0.227. The van der Waals surface area contributed by atoms with Crippen LogP contribution in [-0.4, -0.2) is 15.9 Å². The van der Waals surface area contributed by atoms with Crippen LogP contribution in [0.3, 0.4) is 0 Å². The molecule has 0 atom stereocenters. The summed E-state index contributed by atoms with van der Waals surface area (Å²) < 4.78 is 0. The van der Waals surface area contributed by atoms with Gasteiger partial charge in [-0.25, -0.2) is 4.98 Å². The number of nitrogens with zero attached hydrogens (tertiary/aromatic N) is 2. The van der Waals surface area contributed by atoms with Gasteiger partial charge in [0.2, 0.25) is 0 Å². The van der Waals surface area contributed by atoms with Gasteiger partial charge in [-0.1, -0.05) is 23.7 Å². The fourth-order valence-electron chi connectivity index (χ4n) is 1.78. The molecule has 0 fully saturated rings. The zero-order valence-electron chi connectivity index (χ0n) is 10.8. The SMILES string of the molecule is O=C(Nc1nc(-c2cccc(Cl)c2)cs1)c1cccnc1. The van der Waals surface area contributed by atoms with Gasteiger partial charge in [-0.15, -0.1) is 11.3 Å². The van der Waals surface area contributed by atoms with Gasteiger partial charge in [0.25, 0.3) is 5.91 Å². The molecule has 0 saturated carbocycles. The number of amides is 1. The number of benzene rings is 1. The summed E-state index contributed by atoms with van der Waals surface area (Å²) in [5.74, 6) is -0.227. The van der Waals surface area contributed by atoms with Gasteiger partial charge in [-0.05, 0) is 24.3 Å². The van der Waals surface area contributed by atoms with Crippen LogP contribution in [-0.2, 0) is 0 Å². The molecule has 3 rings (SSSR count). The lowest BCUT2D eigenvalue weighted by molar-refractivity contribution is 0.102. The summed E-state index contributed by atoms with van der Waals surface area (Å²) in [6, 6.07) is 10.9. The van der Waals surface area contributed by atoms with Crippen LogP contribution in [0.1, 0.15) is 10.4 Å². The third-order valence-corrected chi connectivity index (χ3v) is 3.76. The minimum atomic E-state index is -0.227. The molecule has 21 heavy (non-hydrogen) atoms. The first-order valence-corrected chi connectivity index (χ1v) is 7.41. The predicted molar refractivity (Wildman–Crippen MR) is 84.8 cm³/mol. The van der Waals surface area contributed by atoms with E-state index in [0.29, 0.717) is 15.7 Å². The van der Waals surface area contributed by atoms with Crippen LogP contribution in [0.4, 0.5) is 5.13 Å². The summed E-state index contributed by atoms with van der Waals surface area (Å²) in [7, 11) is 0. The molecule has 0 aliphatic rings. The van der Waals surface area contributed by atoms with E-state index < -0.39 is 0 Å². The fraction of sp³-hybridized carbons (Fsp3) is 0. The molecule has 2 heterocycles. The molecule has 0 radical (unpaired) electrons. The summed E-state index contributed by atoms with van der Waals surface area (Å²) in [4.78, 5) is 20.3. The lowest BCUT2D eigenvalue weighted by Crippen LogP contribution is -2.11. The number of hydrogen-bond acceptors (Lipinski definition) is 4. The van der Waals surface area contributed by atoms with Gasteiger partial charge in [0.05, 0.1) is 11.3 Å². The van der Waals surface area contributed by atoms with Crippen molar-refractivity contribution < 1.29 is 4.79 Å². The van der Waals surface area contributed by atoms with Crippen LogP contribution in [0.5, 0.6) is 0 Å². The molecule has 4 nitrogen and oxygen atoms in total. The number of halogens is 1. The Morgan fingerprint density at radius 3 is 2.90 bits per heavy atom. The minimum Gasteiger partial charge on any atom is -0.298 e. The van der Waals surface area contributed by atoms with Crippen molar-refractivity contribution in [2.24, 2.45) is 0 Å². The second kappa shape index (κ2) is 6.03. The van der Waals surface area contributed by atoms with Gasteiger partial charge in [-0.2, -0.15) is 0 Å². The van der Waals surface area contributed by atoms with Gasteiger partial charge in [-0.3, -0.25) is 15.1 Å². The van der Waals surface area contributed by atoms with Crippen molar-refractivity contribution in [1.82, 2.24) is 9.97 Å². The summed E-state index contributed by atoms with van der Waals surface area (Å²) in [6.45, 7) is 0. The van der Waals surface area contributed by atoms with Crippen LogP contribution in [0.15, 0.2) is 54.2 Å². The number of nitrogens with one attached hydrogen (secondary N) is 1. The van der Waals surface area contributed by atoms with E-state index >= 15 is 0 Å². The quantitative estimate of drug-likeness (QED) is 0.791. The Balaban J connectivity index is 1.78. The number of aromatic nitrogens is 2. The van der Waals surface area contributed by atoms with E-state index in [-0.39, 0.29) is 5.91 Å². The lowest BCUT2D eigenvalue weighted by atomic mass is 10.2. The van der Waals surface area contributed by atoms with Crippen molar-refractivity contribution >= 4 is 34.0 Å². The van der Waals surface area contributed by atoms with Crippen molar-refractivity contribution in [2.45, 2.75) is 0 Å². The van der Waals surface area contributed by atoms with Gasteiger partial charge >= 0.3 is 0 Å². The first kappa shape index (κ1) is 13.7. The zero-order chi connectivity index (χ0) is 14.7. The predicted octanol–water partition coefficient (Wildman–Crippen LogP) is 4.11. The zero-order valence-corrected chi connectivity index (χ0v) is 12.4. The molecule has 0 aliphatic carbocycles. The van der Waals surface area contributed by atoms with Crippen molar-refractivity contribution in [3.05, 3.63) is 64.8 Å². The lowest BCUT2D eigenvalue weighted by Gasteiger charge is -2.00. The van der Waals surface area contributed by atoms with E-state index in [0.717, 1.165) is 11.3 Å². The molecular weight excluding hydrogens is 306 g/mol. The number of anilines is 1. The molecule has 0 unspecified atom stereocenters. The van der Waals surface area contributed by atoms with Crippen molar-refractivity contribution in [2.75, 3.05) is 5.32 Å². The molecule has 1 aromatic carbocycles. The van der Waals surface area contributed by atoms with Crippen LogP contribution in [0.2, 0.25) is 5.02 Å². The molecule has 104 valence electrons. The van der Waals surface area contributed by atoms with E-state index in [1.807, 2.05) is 29.6 Å². The fourth-order valence-corrected chi connectivity index (χ4v) is 2.68. The molecule has 1 amide bonds. The van der Waals surface area contributed by atoms with Gasteiger partial charge in [0, 0.05) is 28.4 Å². The van der Waals surface area contributed by atoms with E-state index in [1.165, 1.54) is 17.5 Å². The molecular formula is C15H10ClN3OS. The molecule has 0 aliphatic heterocycles. The van der Waals surface area contributed by atoms with Crippen LogP contribution in [0.25, 0.3) is 11.3 Å². The number of carbonyl (C=O) groups excluding carboxylic acids is 1. The number of hydrogen-bond donors (Lipinski definition) is 1. The number of pyridine rings is 1. The number of carbonyl (C=O) groups is 1. The topological polar surface area (TPSA) is 54.9 Å². The summed E-state index contributed by atoms with van der Waals surface area (Å²) in [5.41, 5.74) is 2.20. The van der Waals surface area contributed by atoms with Crippen LogP contribution >= 0.6 is 22.9 Å². The highest BCUT2D eigenvalue weighted by Gasteiger charge is 2.10. The molecule has 6 heteroatoms. The molecule has 0 bridgehead atoms. The Hall–Kier alpha value is -2.24. The Morgan fingerprint density at radius 2 is 2.14 bits per heavy atom. The first-order valence-electron chi connectivity index (χ1n) is 6.15. The number of rotatable bonds is 3. The second-order valence-electron chi connectivity index (χ2n) is 4.24. The Morgan fingerprint density at radius 1 is 1.24 bits per heavy atom. The van der Waals surface area contributed by atoms with E-state index in [9.17, 15) is 4.79 Å². The molecule has 0 saturated heterocycles. The Bertz CT molecular complexity index is 773. The third-order valence-electron chi connectivity index (χ3n) is 2.77. The van der Waals surface area contributed by atoms with Crippen molar-refractivity contribution in [3.63, 3.8) is 0 Å². The van der Waals surface area contributed by atoms with E-state index in [1.54, 1.807) is 18.3 Å². The van der Waals surface area contributed by atoms with Crippen molar-refractivity contribution in [3.8, 4) is 11.3 Å². The van der Waals surface area contributed by atoms with Crippen LogP contribution in [0, 0.1) is 0 Å². The summed E-state index contributed by atoms with van der Waals surface area (Å²) in [6.07, 6.45) is 3.14. The molecule has 0 spiro atoms. The van der Waals surface area contributed by atoms with Gasteiger partial charge in [0.1, 0.15) is 0 Å². The summed E-state index contributed by atoms with van der Waals surface area (Å²) >= 11 is 7.33. The maximum Gasteiger partial charge on any atom is 0.259 e. The summed E-state index contributed by atoms with van der Waals surface area (Å²) in [5, 5.41) is 5.83. The first-order chi connectivity index (χ1) is 10.2. The Kier molecular flexibility index (Phi) is 3.94. The number of thiazole rings is 1. The Labute approximate surface area is 130 Å². The largest absolute Gasteiger partial charge is 0.298 e. The van der Waals surface area contributed by atoms with Crippen LogP contribution < -0.4 is 5.32 Å². The second-order valence-corrected chi connectivity index (χ2v) is 5.54. The molecule has 1 N–H and O–H groups in total. The monoisotopic (exact) mass is 315 g/mol.